The van der Waals surface area contributed by atoms with E-state index in [-0.39, 0.29) is 12.1 Å². The molecule has 0 aliphatic heterocycles. The van der Waals surface area contributed by atoms with Crippen molar-refractivity contribution in [2.75, 3.05) is 20.3 Å². The lowest BCUT2D eigenvalue weighted by atomic mass is 9.96. The van der Waals surface area contributed by atoms with E-state index < -0.39 is 0 Å². The number of hydrogen-bond donors (Lipinski definition) is 2. The molecular formula is C16H27NO2. The van der Waals surface area contributed by atoms with Gasteiger partial charge < -0.3 is 15.2 Å². The first-order chi connectivity index (χ1) is 8.82. The van der Waals surface area contributed by atoms with Gasteiger partial charge in [-0.2, -0.15) is 0 Å². The van der Waals surface area contributed by atoms with Crippen molar-refractivity contribution in [2.45, 2.75) is 46.6 Å². The fourth-order valence-electron chi connectivity index (χ4n) is 2.27. The van der Waals surface area contributed by atoms with E-state index in [1.807, 2.05) is 13.8 Å². The second-order valence-electron chi connectivity index (χ2n) is 5.87. The van der Waals surface area contributed by atoms with Crippen LogP contribution >= 0.6 is 0 Å². The Labute approximate surface area is 117 Å². The highest BCUT2D eigenvalue weighted by Crippen LogP contribution is 2.29. The monoisotopic (exact) mass is 265 g/mol. The normalized spacial score (nSPS) is 11.7. The van der Waals surface area contributed by atoms with Crippen LogP contribution in [0.2, 0.25) is 0 Å². The van der Waals surface area contributed by atoms with Gasteiger partial charge in [0.2, 0.25) is 0 Å². The van der Waals surface area contributed by atoms with Gasteiger partial charge in [-0.25, -0.2) is 0 Å². The van der Waals surface area contributed by atoms with E-state index >= 15 is 0 Å². The largest absolute Gasteiger partial charge is 0.496 e. The molecule has 0 atom stereocenters. The molecule has 1 aromatic rings. The second kappa shape index (κ2) is 6.40. The van der Waals surface area contributed by atoms with Gasteiger partial charge in [-0.15, -0.1) is 0 Å². The molecule has 3 heteroatoms. The van der Waals surface area contributed by atoms with E-state index in [2.05, 4.69) is 32.2 Å². The smallest absolute Gasteiger partial charge is 0.125 e. The van der Waals surface area contributed by atoms with Crippen LogP contribution in [0.1, 0.15) is 36.1 Å². The van der Waals surface area contributed by atoms with Crippen LogP contribution in [0.25, 0.3) is 0 Å². The zero-order chi connectivity index (χ0) is 14.6. The summed E-state index contributed by atoms with van der Waals surface area (Å²) in [6.45, 7) is 11.3. The van der Waals surface area contributed by atoms with Crippen LogP contribution < -0.4 is 10.1 Å². The summed E-state index contributed by atoms with van der Waals surface area (Å²) in [7, 11) is 1.73. The Hall–Kier alpha value is -1.06. The molecule has 0 amide bonds. The van der Waals surface area contributed by atoms with Gasteiger partial charge >= 0.3 is 0 Å². The van der Waals surface area contributed by atoms with E-state index in [9.17, 15) is 5.11 Å². The lowest BCUT2D eigenvalue weighted by Gasteiger charge is -2.24. The molecular weight excluding hydrogens is 238 g/mol. The first kappa shape index (κ1) is 16.0. The molecule has 0 radical (unpaired) electrons. The van der Waals surface area contributed by atoms with Crippen molar-refractivity contribution in [1.29, 1.82) is 0 Å². The average Bonchev–Trinajstić information content (AvgIpc) is 2.35. The Kier molecular flexibility index (Phi) is 5.39. The third-order valence-electron chi connectivity index (χ3n) is 3.69. The molecule has 0 aromatic heterocycles. The van der Waals surface area contributed by atoms with E-state index in [1.165, 1.54) is 22.3 Å². The summed E-state index contributed by atoms with van der Waals surface area (Å²) < 4.78 is 5.57. The molecule has 2 N–H and O–H groups in total. The number of hydrogen-bond acceptors (Lipinski definition) is 3. The molecule has 19 heavy (non-hydrogen) atoms. The fourth-order valence-corrected chi connectivity index (χ4v) is 2.27. The third kappa shape index (κ3) is 3.95. The molecule has 0 saturated heterocycles. The number of methoxy groups -OCH3 is 1. The summed E-state index contributed by atoms with van der Waals surface area (Å²) in [5.41, 5.74) is 4.77. The van der Waals surface area contributed by atoms with Gasteiger partial charge in [0.1, 0.15) is 5.75 Å². The van der Waals surface area contributed by atoms with Crippen LogP contribution in [0, 0.1) is 20.8 Å². The van der Waals surface area contributed by atoms with E-state index in [0.717, 1.165) is 18.7 Å². The first-order valence-electron chi connectivity index (χ1n) is 6.82. The van der Waals surface area contributed by atoms with Crippen LogP contribution in [0.3, 0.4) is 0 Å². The first-order valence-corrected chi connectivity index (χ1v) is 6.82. The van der Waals surface area contributed by atoms with Crippen molar-refractivity contribution in [3.8, 4) is 5.75 Å². The zero-order valence-corrected chi connectivity index (χ0v) is 13.1. The van der Waals surface area contributed by atoms with Crippen molar-refractivity contribution >= 4 is 0 Å². The highest BCUT2D eigenvalue weighted by Gasteiger charge is 2.16. The fraction of sp³-hybridized carbons (Fsp3) is 0.625. The molecule has 0 aliphatic rings. The Morgan fingerprint density at radius 1 is 1.21 bits per heavy atom. The lowest BCUT2D eigenvalue weighted by molar-refractivity contribution is 0.189. The Bertz CT molecular complexity index is 439. The number of aryl methyl sites for hydroxylation is 2. The van der Waals surface area contributed by atoms with Crippen LogP contribution in [0.5, 0.6) is 5.75 Å². The minimum Gasteiger partial charge on any atom is -0.496 e. The quantitative estimate of drug-likeness (QED) is 0.830. The van der Waals surface area contributed by atoms with Crippen LogP contribution in [-0.2, 0) is 6.42 Å². The Morgan fingerprint density at radius 2 is 1.84 bits per heavy atom. The number of aliphatic hydroxyl groups excluding tert-OH is 1. The van der Waals surface area contributed by atoms with Crippen molar-refractivity contribution in [3.05, 3.63) is 28.3 Å². The van der Waals surface area contributed by atoms with Crippen molar-refractivity contribution in [1.82, 2.24) is 5.32 Å². The van der Waals surface area contributed by atoms with Crippen LogP contribution in [-0.4, -0.2) is 30.9 Å². The Morgan fingerprint density at radius 3 is 2.37 bits per heavy atom. The maximum Gasteiger partial charge on any atom is 0.125 e. The molecule has 108 valence electrons. The van der Waals surface area contributed by atoms with E-state index in [1.54, 1.807) is 7.11 Å². The summed E-state index contributed by atoms with van der Waals surface area (Å²) in [5.74, 6) is 1.00. The molecule has 0 spiro atoms. The van der Waals surface area contributed by atoms with Gasteiger partial charge in [-0.3, -0.25) is 0 Å². The summed E-state index contributed by atoms with van der Waals surface area (Å²) in [5, 5.41) is 12.6. The topological polar surface area (TPSA) is 41.5 Å². The van der Waals surface area contributed by atoms with Gasteiger partial charge in [-0.1, -0.05) is 6.07 Å². The minimum atomic E-state index is -0.235. The van der Waals surface area contributed by atoms with Gasteiger partial charge in [0.25, 0.3) is 0 Å². The SMILES string of the molecule is COc1c(C)c(C)cc(C)c1CCNC(C)(C)CO. The highest BCUT2D eigenvalue weighted by molar-refractivity contribution is 5.49. The molecule has 0 saturated carbocycles. The molecule has 0 fully saturated rings. The summed E-state index contributed by atoms with van der Waals surface area (Å²) in [6.07, 6.45) is 0.902. The maximum absolute atomic E-state index is 9.24. The Balaban J connectivity index is 2.87. The summed E-state index contributed by atoms with van der Waals surface area (Å²) in [4.78, 5) is 0. The van der Waals surface area contributed by atoms with Gasteiger partial charge in [0.15, 0.2) is 0 Å². The second-order valence-corrected chi connectivity index (χ2v) is 5.87. The maximum atomic E-state index is 9.24. The predicted molar refractivity (Wildman–Crippen MR) is 80.1 cm³/mol. The molecule has 1 aromatic carbocycles. The highest BCUT2D eigenvalue weighted by atomic mass is 16.5. The number of benzene rings is 1. The van der Waals surface area contributed by atoms with Gasteiger partial charge in [-0.05, 0) is 69.8 Å². The van der Waals surface area contributed by atoms with E-state index in [4.69, 9.17) is 4.74 Å². The van der Waals surface area contributed by atoms with Crippen molar-refractivity contribution < 1.29 is 9.84 Å². The lowest BCUT2D eigenvalue weighted by Crippen LogP contribution is -2.43. The molecule has 0 heterocycles. The number of rotatable bonds is 6. The average molecular weight is 265 g/mol. The minimum absolute atomic E-state index is 0.135. The molecule has 1 rings (SSSR count). The van der Waals surface area contributed by atoms with Crippen LogP contribution in [0.4, 0.5) is 0 Å². The number of nitrogens with one attached hydrogen (secondary N) is 1. The molecule has 0 aliphatic carbocycles. The molecule has 0 unspecified atom stereocenters. The van der Waals surface area contributed by atoms with Gasteiger partial charge in [0.05, 0.1) is 13.7 Å². The van der Waals surface area contributed by atoms with E-state index in [0.29, 0.717) is 0 Å². The summed E-state index contributed by atoms with van der Waals surface area (Å²) >= 11 is 0. The number of ether oxygens (including phenoxy) is 1. The third-order valence-corrected chi connectivity index (χ3v) is 3.69. The van der Waals surface area contributed by atoms with Crippen LogP contribution in [0.15, 0.2) is 6.07 Å². The molecule has 0 bridgehead atoms. The standard InChI is InChI=1S/C16H27NO2/c1-11-9-12(2)14(15(19-6)13(11)3)7-8-17-16(4,5)10-18/h9,17-18H,7-8,10H2,1-6H3. The van der Waals surface area contributed by atoms with Crippen molar-refractivity contribution in [2.24, 2.45) is 0 Å². The van der Waals surface area contributed by atoms with Gasteiger partial charge in [0, 0.05) is 5.54 Å². The zero-order valence-electron chi connectivity index (χ0n) is 13.1. The summed E-state index contributed by atoms with van der Waals surface area (Å²) in [6, 6.07) is 2.21. The number of aliphatic hydroxyl groups is 1. The van der Waals surface area contributed by atoms with Crippen molar-refractivity contribution in [3.63, 3.8) is 0 Å². The predicted octanol–water partition coefficient (Wildman–Crippen LogP) is 2.52. The molecule has 3 nitrogen and oxygen atoms in total.